The first-order chi connectivity index (χ1) is 9.78. The molecule has 1 aliphatic rings. The smallest absolute Gasteiger partial charge is 0.0481 e. The Kier molecular flexibility index (Phi) is 3.75. The highest BCUT2D eigenvalue weighted by Crippen LogP contribution is 2.37. The van der Waals surface area contributed by atoms with Crippen LogP contribution in [-0.2, 0) is 11.2 Å². The molecule has 1 unspecified atom stereocenters. The fourth-order valence-electron chi connectivity index (χ4n) is 2.89. The van der Waals surface area contributed by atoms with Crippen molar-refractivity contribution in [2.24, 2.45) is 0 Å². The lowest BCUT2D eigenvalue weighted by atomic mass is 10.1. The largest absolute Gasteiger partial charge is 0.385 e. The van der Waals surface area contributed by atoms with Gasteiger partial charge in [-0.2, -0.15) is 0 Å². The number of rotatable bonds is 5. The Morgan fingerprint density at radius 1 is 1.10 bits per heavy atom. The van der Waals surface area contributed by atoms with E-state index in [9.17, 15) is 0 Å². The van der Waals surface area contributed by atoms with Gasteiger partial charge in [0.15, 0.2) is 0 Å². The zero-order valence-corrected chi connectivity index (χ0v) is 12.1. The summed E-state index contributed by atoms with van der Waals surface area (Å²) in [5, 5.41) is 3.55. The van der Waals surface area contributed by atoms with Gasteiger partial charge in [0.05, 0.1) is 0 Å². The fraction of sp³-hybridized carbons (Fsp3) is 0.333. The molecule has 2 aromatic rings. The number of ether oxygens (including phenoxy) is 1. The highest BCUT2D eigenvalue weighted by atomic mass is 16.5. The second-order valence-electron chi connectivity index (χ2n) is 5.53. The predicted octanol–water partition coefficient (Wildman–Crippen LogP) is 4.09. The van der Waals surface area contributed by atoms with E-state index in [-0.39, 0.29) is 0 Å². The minimum Gasteiger partial charge on any atom is -0.385 e. The predicted molar refractivity (Wildman–Crippen MR) is 84.3 cm³/mol. The van der Waals surface area contributed by atoms with Crippen molar-refractivity contribution in [3.05, 3.63) is 53.6 Å². The van der Waals surface area contributed by atoms with Crippen LogP contribution in [0.3, 0.4) is 0 Å². The number of anilines is 1. The molecule has 1 atom stereocenters. The monoisotopic (exact) mass is 267 g/mol. The van der Waals surface area contributed by atoms with Gasteiger partial charge < -0.3 is 10.1 Å². The number of hydrogen-bond donors (Lipinski definition) is 1. The molecule has 0 spiro atoms. The highest BCUT2D eigenvalue weighted by Gasteiger charge is 2.17. The highest BCUT2D eigenvalue weighted by molar-refractivity contribution is 5.78. The molecule has 0 amide bonds. The van der Waals surface area contributed by atoms with Crippen LogP contribution in [0, 0.1) is 0 Å². The lowest BCUT2D eigenvalue weighted by molar-refractivity contribution is 0.191. The molecule has 1 aliphatic carbocycles. The molecule has 0 aromatic heterocycles. The van der Waals surface area contributed by atoms with E-state index in [0.29, 0.717) is 6.04 Å². The zero-order chi connectivity index (χ0) is 13.9. The number of fused-ring (bicyclic) bond motifs is 3. The van der Waals surface area contributed by atoms with E-state index in [1.54, 1.807) is 7.11 Å². The van der Waals surface area contributed by atoms with Crippen molar-refractivity contribution in [1.82, 2.24) is 0 Å². The average molecular weight is 267 g/mol. The molecule has 2 heteroatoms. The lowest BCUT2D eigenvalue weighted by Gasteiger charge is -2.15. The van der Waals surface area contributed by atoms with Gasteiger partial charge in [0.2, 0.25) is 0 Å². The Hall–Kier alpha value is -1.80. The molecule has 0 heterocycles. The Balaban J connectivity index is 1.77. The summed E-state index contributed by atoms with van der Waals surface area (Å²) in [4.78, 5) is 0. The van der Waals surface area contributed by atoms with E-state index < -0.39 is 0 Å². The second-order valence-corrected chi connectivity index (χ2v) is 5.53. The Bertz CT molecular complexity index is 606. The van der Waals surface area contributed by atoms with E-state index >= 15 is 0 Å². The summed E-state index contributed by atoms with van der Waals surface area (Å²) in [6, 6.07) is 15.8. The van der Waals surface area contributed by atoms with Crippen LogP contribution in [0.25, 0.3) is 11.1 Å². The summed E-state index contributed by atoms with van der Waals surface area (Å²) in [6.07, 6.45) is 2.07. The van der Waals surface area contributed by atoms with Crippen LogP contribution in [-0.4, -0.2) is 19.8 Å². The third kappa shape index (κ3) is 2.56. The van der Waals surface area contributed by atoms with Crippen molar-refractivity contribution in [3.63, 3.8) is 0 Å². The summed E-state index contributed by atoms with van der Waals surface area (Å²) in [5.74, 6) is 0. The van der Waals surface area contributed by atoms with Gasteiger partial charge in [0.25, 0.3) is 0 Å². The standard InChI is InChI=1S/C18H21NO/c1-13(9-10-20-2)19-16-7-8-18-15(12-16)11-14-5-3-4-6-17(14)18/h3-8,12-13,19H,9-11H2,1-2H3. The molecular weight excluding hydrogens is 246 g/mol. The molecule has 2 nitrogen and oxygen atoms in total. The number of methoxy groups -OCH3 is 1. The van der Waals surface area contributed by atoms with Gasteiger partial charge in [-0.05, 0) is 54.2 Å². The Labute approximate surface area is 120 Å². The molecule has 0 bridgehead atoms. The van der Waals surface area contributed by atoms with Gasteiger partial charge in [-0.25, -0.2) is 0 Å². The summed E-state index contributed by atoms with van der Waals surface area (Å²) >= 11 is 0. The van der Waals surface area contributed by atoms with E-state index in [1.165, 1.54) is 27.9 Å². The van der Waals surface area contributed by atoms with Crippen LogP contribution in [0.5, 0.6) is 0 Å². The minimum absolute atomic E-state index is 0.428. The van der Waals surface area contributed by atoms with Gasteiger partial charge in [-0.15, -0.1) is 0 Å². The van der Waals surface area contributed by atoms with Gasteiger partial charge >= 0.3 is 0 Å². The average Bonchev–Trinajstić information content (AvgIpc) is 2.82. The van der Waals surface area contributed by atoms with Crippen LogP contribution in [0.2, 0.25) is 0 Å². The molecule has 0 aliphatic heterocycles. The van der Waals surface area contributed by atoms with Crippen molar-refractivity contribution < 1.29 is 4.74 Å². The maximum Gasteiger partial charge on any atom is 0.0481 e. The van der Waals surface area contributed by atoms with Crippen molar-refractivity contribution >= 4 is 5.69 Å². The van der Waals surface area contributed by atoms with Crippen molar-refractivity contribution in [2.45, 2.75) is 25.8 Å². The molecule has 1 N–H and O–H groups in total. The van der Waals surface area contributed by atoms with E-state index in [4.69, 9.17) is 4.74 Å². The second kappa shape index (κ2) is 5.68. The molecular formula is C18H21NO. The molecule has 2 aromatic carbocycles. The summed E-state index contributed by atoms with van der Waals surface area (Å²) in [5.41, 5.74) is 6.85. The van der Waals surface area contributed by atoms with Crippen molar-refractivity contribution in [2.75, 3.05) is 19.0 Å². The Morgan fingerprint density at radius 3 is 2.75 bits per heavy atom. The summed E-state index contributed by atoms with van der Waals surface area (Å²) in [6.45, 7) is 2.99. The molecule has 104 valence electrons. The summed E-state index contributed by atoms with van der Waals surface area (Å²) in [7, 11) is 1.75. The Morgan fingerprint density at radius 2 is 1.90 bits per heavy atom. The number of benzene rings is 2. The van der Waals surface area contributed by atoms with Gasteiger partial charge in [0, 0.05) is 25.4 Å². The van der Waals surface area contributed by atoms with E-state index in [2.05, 4.69) is 54.7 Å². The van der Waals surface area contributed by atoms with Gasteiger partial charge in [-0.1, -0.05) is 30.3 Å². The van der Waals surface area contributed by atoms with Gasteiger partial charge in [-0.3, -0.25) is 0 Å². The molecule has 0 fully saturated rings. The first-order valence-corrected chi connectivity index (χ1v) is 7.24. The van der Waals surface area contributed by atoms with Crippen molar-refractivity contribution in [1.29, 1.82) is 0 Å². The topological polar surface area (TPSA) is 21.3 Å². The zero-order valence-electron chi connectivity index (χ0n) is 12.1. The van der Waals surface area contributed by atoms with E-state index in [1.807, 2.05) is 0 Å². The quantitative estimate of drug-likeness (QED) is 0.751. The number of hydrogen-bond acceptors (Lipinski definition) is 2. The SMILES string of the molecule is COCCC(C)Nc1ccc2c(c1)Cc1ccccc1-2. The van der Waals surface area contributed by atoms with Crippen LogP contribution >= 0.6 is 0 Å². The third-order valence-corrected chi connectivity index (χ3v) is 3.96. The lowest BCUT2D eigenvalue weighted by Crippen LogP contribution is -2.17. The fourth-order valence-corrected chi connectivity index (χ4v) is 2.89. The van der Waals surface area contributed by atoms with Crippen LogP contribution < -0.4 is 5.32 Å². The van der Waals surface area contributed by atoms with Crippen molar-refractivity contribution in [3.8, 4) is 11.1 Å². The van der Waals surface area contributed by atoms with Crippen LogP contribution in [0.1, 0.15) is 24.5 Å². The number of nitrogens with one attached hydrogen (secondary N) is 1. The van der Waals surface area contributed by atoms with Crippen LogP contribution in [0.4, 0.5) is 5.69 Å². The first-order valence-electron chi connectivity index (χ1n) is 7.24. The third-order valence-electron chi connectivity index (χ3n) is 3.96. The first kappa shape index (κ1) is 13.2. The normalized spacial score (nSPS) is 13.7. The molecule has 3 rings (SSSR count). The molecule has 0 saturated heterocycles. The maximum absolute atomic E-state index is 5.13. The molecule has 0 saturated carbocycles. The molecule has 0 radical (unpaired) electrons. The molecule has 20 heavy (non-hydrogen) atoms. The van der Waals surface area contributed by atoms with Gasteiger partial charge in [0.1, 0.15) is 0 Å². The van der Waals surface area contributed by atoms with Crippen LogP contribution in [0.15, 0.2) is 42.5 Å². The minimum atomic E-state index is 0.428. The summed E-state index contributed by atoms with van der Waals surface area (Å²) < 4.78 is 5.13. The van der Waals surface area contributed by atoms with E-state index in [0.717, 1.165) is 19.4 Å². The maximum atomic E-state index is 5.13.